The second-order valence-corrected chi connectivity index (χ2v) is 8.62. The summed E-state index contributed by atoms with van der Waals surface area (Å²) in [6.45, 7) is 4.06. The lowest BCUT2D eigenvalue weighted by atomic mass is 9.89. The summed E-state index contributed by atoms with van der Waals surface area (Å²) in [5.74, 6) is -0.317. The quantitative estimate of drug-likeness (QED) is 0.734. The molecule has 3 rings (SSSR count). The molecule has 1 saturated heterocycles. The molecule has 0 saturated carbocycles. The third-order valence-electron chi connectivity index (χ3n) is 5.13. The second-order valence-electron chi connectivity index (χ2n) is 6.75. The first kappa shape index (κ1) is 22.4. The van der Waals surface area contributed by atoms with E-state index in [1.165, 1.54) is 18.3 Å². The van der Waals surface area contributed by atoms with Gasteiger partial charge in [-0.25, -0.2) is 13.2 Å². The van der Waals surface area contributed by atoms with Crippen molar-refractivity contribution in [1.29, 1.82) is 0 Å². The maximum absolute atomic E-state index is 13.4. The maximum atomic E-state index is 13.4. The molecule has 0 bridgehead atoms. The molecule has 1 aromatic heterocycles. The van der Waals surface area contributed by atoms with Crippen LogP contribution in [0.3, 0.4) is 0 Å². The highest BCUT2D eigenvalue weighted by Crippen LogP contribution is 2.37. The van der Waals surface area contributed by atoms with E-state index in [4.69, 9.17) is 14.9 Å². The van der Waals surface area contributed by atoms with E-state index in [2.05, 4.69) is 0 Å². The van der Waals surface area contributed by atoms with Crippen molar-refractivity contribution in [3.8, 4) is 0 Å². The fourth-order valence-corrected chi connectivity index (χ4v) is 5.68. The third-order valence-corrected chi connectivity index (χ3v) is 7.12. The fraction of sp³-hybridized carbons (Fsp3) is 0.421. The Morgan fingerprint density at radius 3 is 2.43 bits per heavy atom. The van der Waals surface area contributed by atoms with E-state index >= 15 is 0 Å². The SMILES string of the molecule is COC(=O)c1c(C)oc(C)c1S(=O)(=O)N1C[C@@H](CN)[C@H](c2ccccc2)C1.Cl. The molecule has 2 N–H and O–H groups in total. The average molecular weight is 429 g/mol. The third kappa shape index (κ3) is 3.82. The molecule has 0 unspecified atom stereocenters. The van der Waals surface area contributed by atoms with Crippen molar-refractivity contribution < 1.29 is 22.4 Å². The highest BCUT2D eigenvalue weighted by atomic mass is 35.5. The predicted molar refractivity (Wildman–Crippen MR) is 107 cm³/mol. The molecule has 2 aromatic rings. The average Bonchev–Trinajstić information content (AvgIpc) is 3.23. The minimum atomic E-state index is -3.94. The number of hydrogen-bond acceptors (Lipinski definition) is 6. The van der Waals surface area contributed by atoms with Gasteiger partial charge in [0.1, 0.15) is 22.0 Å². The number of benzene rings is 1. The lowest BCUT2D eigenvalue weighted by Gasteiger charge is -2.17. The van der Waals surface area contributed by atoms with E-state index in [0.29, 0.717) is 19.6 Å². The van der Waals surface area contributed by atoms with Crippen LogP contribution in [0, 0.1) is 19.8 Å². The predicted octanol–water partition coefficient (Wildman–Crippen LogP) is 2.47. The van der Waals surface area contributed by atoms with Crippen LogP contribution in [0.2, 0.25) is 0 Å². The normalized spacial score (nSPS) is 20.0. The molecule has 2 heterocycles. The summed E-state index contributed by atoms with van der Waals surface area (Å²) in [5, 5.41) is 0. The number of carbonyl (C=O) groups is 1. The Morgan fingerprint density at radius 2 is 1.86 bits per heavy atom. The highest BCUT2D eigenvalue weighted by Gasteiger charge is 2.43. The molecule has 0 spiro atoms. The molecule has 9 heteroatoms. The van der Waals surface area contributed by atoms with Crippen molar-refractivity contribution in [2.24, 2.45) is 11.7 Å². The molecule has 1 fully saturated rings. The number of halogens is 1. The summed E-state index contributed by atoms with van der Waals surface area (Å²) in [5.41, 5.74) is 6.94. The van der Waals surface area contributed by atoms with Gasteiger partial charge in [0.05, 0.1) is 7.11 Å². The molecular weight excluding hydrogens is 404 g/mol. The molecule has 28 heavy (non-hydrogen) atoms. The van der Waals surface area contributed by atoms with Gasteiger partial charge in [0.25, 0.3) is 0 Å². The Morgan fingerprint density at radius 1 is 1.21 bits per heavy atom. The van der Waals surface area contributed by atoms with Crippen LogP contribution in [0.5, 0.6) is 0 Å². The summed E-state index contributed by atoms with van der Waals surface area (Å²) in [6.07, 6.45) is 0. The largest absolute Gasteiger partial charge is 0.465 e. The van der Waals surface area contributed by atoms with E-state index < -0.39 is 16.0 Å². The summed E-state index contributed by atoms with van der Waals surface area (Å²) >= 11 is 0. The van der Waals surface area contributed by atoms with Gasteiger partial charge >= 0.3 is 5.97 Å². The van der Waals surface area contributed by atoms with E-state index in [1.54, 1.807) is 6.92 Å². The molecule has 0 amide bonds. The minimum Gasteiger partial charge on any atom is -0.465 e. The standard InChI is InChI=1S/C19H24N2O5S.ClH/c1-12-17(19(22)25-3)18(13(2)26-12)27(23,24)21-10-15(9-20)16(11-21)14-7-5-4-6-8-14;/h4-8,15-16H,9-11,20H2,1-3H3;1H/t15-,16+;/m1./s1. The summed E-state index contributed by atoms with van der Waals surface area (Å²) < 4.78 is 38.3. The fourth-order valence-electron chi connectivity index (χ4n) is 3.79. The van der Waals surface area contributed by atoms with Crippen LogP contribution in [0.25, 0.3) is 0 Å². The number of sulfonamides is 1. The van der Waals surface area contributed by atoms with Gasteiger partial charge < -0.3 is 14.9 Å². The number of ether oxygens (including phenoxy) is 1. The number of nitrogens with two attached hydrogens (primary N) is 1. The second kappa shape index (κ2) is 8.65. The van der Waals surface area contributed by atoms with Gasteiger partial charge in [-0.05, 0) is 31.9 Å². The molecule has 1 aliphatic rings. The molecule has 7 nitrogen and oxygen atoms in total. The van der Waals surface area contributed by atoms with Crippen molar-refractivity contribution in [2.75, 3.05) is 26.7 Å². The van der Waals surface area contributed by atoms with E-state index in [0.717, 1.165) is 5.56 Å². The molecule has 1 aromatic carbocycles. The number of esters is 1. The van der Waals surface area contributed by atoms with E-state index in [9.17, 15) is 13.2 Å². The van der Waals surface area contributed by atoms with Crippen molar-refractivity contribution in [3.63, 3.8) is 0 Å². The van der Waals surface area contributed by atoms with Gasteiger partial charge in [0.15, 0.2) is 0 Å². The molecule has 0 aliphatic carbocycles. The number of methoxy groups -OCH3 is 1. The molecule has 2 atom stereocenters. The zero-order valence-electron chi connectivity index (χ0n) is 16.0. The number of rotatable bonds is 5. The van der Waals surface area contributed by atoms with Gasteiger partial charge in [-0.2, -0.15) is 4.31 Å². The lowest BCUT2D eigenvalue weighted by molar-refractivity contribution is 0.0594. The van der Waals surface area contributed by atoms with Crippen LogP contribution in [0.4, 0.5) is 0 Å². The summed E-state index contributed by atoms with van der Waals surface area (Å²) in [4.78, 5) is 12.0. The van der Waals surface area contributed by atoms with Crippen LogP contribution in [-0.4, -0.2) is 45.4 Å². The topological polar surface area (TPSA) is 103 Å². The van der Waals surface area contributed by atoms with E-state index in [-0.39, 0.29) is 46.2 Å². The first-order chi connectivity index (χ1) is 12.8. The Balaban J connectivity index is 0.00000280. The van der Waals surface area contributed by atoms with Crippen LogP contribution in [0.15, 0.2) is 39.6 Å². The molecule has 0 radical (unpaired) electrons. The molecule has 154 valence electrons. The lowest BCUT2D eigenvalue weighted by Crippen LogP contribution is -2.31. The van der Waals surface area contributed by atoms with Gasteiger partial charge in [0, 0.05) is 19.0 Å². The van der Waals surface area contributed by atoms with Gasteiger partial charge in [0.2, 0.25) is 10.0 Å². The first-order valence-corrected chi connectivity index (χ1v) is 10.2. The van der Waals surface area contributed by atoms with Crippen molar-refractivity contribution in [1.82, 2.24) is 4.31 Å². The number of nitrogens with zero attached hydrogens (tertiary/aromatic N) is 1. The van der Waals surface area contributed by atoms with Gasteiger partial charge in [-0.15, -0.1) is 12.4 Å². The smallest absolute Gasteiger partial charge is 0.342 e. The zero-order chi connectivity index (χ0) is 19.8. The highest BCUT2D eigenvalue weighted by molar-refractivity contribution is 7.89. The Bertz CT molecular complexity index is 943. The van der Waals surface area contributed by atoms with Crippen molar-refractivity contribution >= 4 is 28.4 Å². The molecule has 1 aliphatic heterocycles. The number of aryl methyl sites for hydroxylation is 2. The van der Waals surface area contributed by atoms with Crippen LogP contribution >= 0.6 is 12.4 Å². The van der Waals surface area contributed by atoms with Crippen molar-refractivity contribution in [2.45, 2.75) is 24.7 Å². The van der Waals surface area contributed by atoms with E-state index in [1.807, 2.05) is 30.3 Å². The Hall–Kier alpha value is -1.87. The van der Waals surface area contributed by atoms with Crippen LogP contribution in [-0.2, 0) is 14.8 Å². The maximum Gasteiger partial charge on any atom is 0.342 e. The van der Waals surface area contributed by atoms with Gasteiger partial charge in [-0.3, -0.25) is 0 Å². The first-order valence-electron chi connectivity index (χ1n) is 8.74. The minimum absolute atomic E-state index is 0. The monoisotopic (exact) mass is 428 g/mol. The van der Waals surface area contributed by atoms with Crippen LogP contribution < -0.4 is 5.73 Å². The van der Waals surface area contributed by atoms with Crippen LogP contribution in [0.1, 0.15) is 33.4 Å². The number of hydrogen-bond donors (Lipinski definition) is 1. The summed E-state index contributed by atoms with van der Waals surface area (Å²) in [7, 11) is -2.72. The number of furan rings is 1. The Labute approximate surface area is 171 Å². The Kier molecular flexibility index (Phi) is 6.93. The molecular formula is C19H25ClN2O5S. The number of carbonyl (C=O) groups excluding carboxylic acids is 1. The zero-order valence-corrected chi connectivity index (χ0v) is 17.7. The van der Waals surface area contributed by atoms with Gasteiger partial charge in [-0.1, -0.05) is 30.3 Å². The summed E-state index contributed by atoms with van der Waals surface area (Å²) in [6, 6.07) is 9.75. The van der Waals surface area contributed by atoms with Crippen molar-refractivity contribution in [3.05, 3.63) is 53.0 Å².